The molecule has 1 unspecified atom stereocenters. The second-order valence-corrected chi connectivity index (χ2v) is 6.37. The first kappa shape index (κ1) is 12.9. The van der Waals surface area contributed by atoms with Gasteiger partial charge in [-0.25, -0.2) is 9.97 Å². The number of nitrogens with two attached hydrogens (primary N) is 1. The highest BCUT2D eigenvalue weighted by Crippen LogP contribution is 2.46. The Morgan fingerprint density at radius 1 is 1.24 bits per heavy atom. The second kappa shape index (κ2) is 4.60. The van der Waals surface area contributed by atoms with Gasteiger partial charge in [0.2, 0.25) is 0 Å². The summed E-state index contributed by atoms with van der Waals surface area (Å²) in [7, 11) is 0. The summed E-state index contributed by atoms with van der Waals surface area (Å²) in [6, 6.07) is 8.82. The van der Waals surface area contributed by atoms with Crippen molar-refractivity contribution in [2.75, 3.05) is 23.7 Å². The number of nitrogen functional groups attached to an aromatic ring is 1. The molecule has 1 atom stereocenters. The van der Waals surface area contributed by atoms with E-state index in [0.717, 1.165) is 25.3 Å². The van der Waals surface area contributed by atoms with Crippen LogP contribution in [0.25, 0.3) is 0 Å². The van der Waals surface area contributed by atoms with Gasteiger partial charge < -0.3 is 10.6 Å². The van der Waals surface area contributed by atoms with Crippen LogP contribution >= 0.6 is 11.6 Å². The molecule has 108 valence electrons. The van der Waals surface area contributed by atoms with Crippen molar-refractivity contribution in [3.8, 4) is 0 Å². The van der Waals surface area contributed by atoms with E-state index in [9.17, 15) is 0 Å². The minimum atomic E-state index is 0.270. The molecule has 1 saturated heterocycles. The largest absolute Gasteiger partial charge is 0.381 e. The average Bonchev–Trinajstić information content (AvgIpc) is 3.09. The Morgan fingerprint density at radius 2 is 2.10 bits per heavy atom. The first-order valence-electron chi connectivity index (χ1n) is 7.29. The van der Waals surface area contributed by atoms with Crippen LogP contribution in [0.1, 0.15) is 24.0 Å². The molecule has 1 spiro atoms. The molecule has 2 N–H and O–H groups in total. The molecule has 1 aromatic heterocycles. The molecular formula is C16H17ClN4. The van der Waals surface area contributed by atoms with Crippen LogP contribution in [0.3, 0.4) is 0 Å². The summed E-state index contributed by atoms with van der Waals surface area (Å²) >= 11 is 6.00. The van der Waals surface area contributed by atoms with Crippen LogP contribution in [-0.2, 0) is 11.8 Å². The number of fused-ring (bicyclic) bond motifs is 2. The van der Waals surface area contributed by atoms with Crippen LogP contribution in [0.4, 0.5) is 11.6 Å². The zero-order chi connectivity index (χ0) is 14.4. The number of hydrogen-bond donors (Lipinski definition) is 1. The Balaban J connectivity index is 1.65. The van der Waals surface area contributed by atoms with Gasteiger partial charge in [-0.15, -0.1) is 0 Å². The summed E-state index contributed by atoms with van der Waals surface area (Å²) in [5.74, 6) is 1.12. The maximum absolute atomic E-state index is 6.00. The van der Waals surface area contributed by atoms with Gasteiger partial charge in [-0.2, -0.15) is 0 Å². The van der Waals surface area contributed by atoms with E-state index in [1.165, 1.54) is 24.0 Å². The smallest absolute Gasteiger partial charge is 0.173 e. The summed E-state index contributed by atoms with van der Waals surface area (Å²) in [6.45, 7) is 1.97. The highest BCUT2D eigenvalue weighted by atomic mass is 35.5. The first-order valence-corrected chi connectivity index (χ1v) is 7.67. The van der Waals surface area contributed by atoms with Gasteiger partial charge >= 0.3 is 0 Å². The number of hydrogen-bond acceptors (Lipinski definition) is 4. The van der Waals surface area contributed by atoms with Crippen molar-refractivity contribution in [3.63, 3.8) is 0 Å². The van der Waals surface area contributed by atoms with Gasteiger partial charge in [-0.1, -0.05) is 35.9 Å². The average molecular weight is 301 g/mol. The van der Waals surface area contributed by atoms with E-state index in [2.05, 4.69) is 39.1 Å². The van der Waals surface area contributed by atoms with Gasteiger partial charge in [0.05, 0.1) is 6.20 Å². The SMILES string of the molecule is Nc1ncc(N2CCC3(CCc4ccccc43)C2)nc1Cl. The third-order valence-corrected chi connectivity index (χ3v) is 5.16. The number of aromatic nitrogens is 2. The molecule has 1 aliphatic carbocycles. The van der Waals surface area contributed by atoms with Crippen molar-refractivity contribution >= 4 is 23.2 Å². The lowest BCUT2D eigenvalue weighted by atomic mass is 9.81. The number of benzene rings is 1. The predicted molar refractivity (Wildman–Crippen MR) is 84.7 cm³/mol. The number of nitrogens with zero attached hydrogens (tertiary/aromatic N) is 3. The second-order valence-electron chi connectivity index (χ2n) is 6.01. The standard InChI is InChI=1S/C16H17ClN4/c17-14-15(18)19-9-13(20-14)21-8-7-16(10-21)6-5-11-3-1-2-4-12(11)16/h1-4,9H,5-8,10H2,(H2,18,19). The molecule has 2 heterocycles. The molecule has 2 aromatic rings. The number of rotatable bonds is 1. The maximum Gasteiger partial charge on any atom is 0.173 e. The van der Waals surface area contributed by atoms with Crippen LogP contribution in [0, 0.1) is 0 Å². The lowest BCUT2D eigenvalue weighted by Gasteiger charge is -2.25. The fourth-order valence-corrected chi connectivity index (χ4v) is 3.91. The molecule has 5 heteroatoms. The van der Waals surface area contributed by atoms with Crippen molar-refractivity contribution in [1.82, 2.24) is 9.97 Å². The molecule has 0 radical (unpaired) electrons. The Labute approximate surface area is 129 Å². The van der Waals surface area contributed by atoms with Gasteiger partial charge in [-0.05, 0) is 30.4 Å². The number of anilines is 2. The van der Waals surface area contributed by atoms with E-state index in [4.69, 9.17) is 17.3 Å². The molecule has 0 amide bonds. The Hall–Kier alpha value is -1.81. The molecule has 2 aliphatic rings. The van der Waals surface area contributed by atoms with Gasteiger partial charge in [0.15, 0.2) is 11.0 Å². The fraction of sp³-hybridized carbons (Fsp3) is 0.375. The van der Waals surface area contributed by atoms with Crippen LogP contribution in [0.15, 0.2) is 30.5 Å². The molecule has 4 nitrogen and oxygen atoms in total. The van der Waals surface area contributed by atoms with Crippen LogP contribution in [0.5, 0.6) is 0 Å². The third kappa shape index (κ3) is 1.97. The molecule has 1 aliphatic heterocycles. The van der Waals surface area contributed by atoms with E-state index in [1.54, 1.807) is 6.20 Å². The molecule has 0 bridgehead atoms. The number of halogens is 1. The van der Waals surface area contributed by atoms with Gasteiger partial charge in [-0.3, -0.25) is 0 Å². The summed E-state index contributed by atoms with van der Waals surface area (Å²) in [4.78, 5) is 10.8. The maximum atomic E-state index is 6.00. The van der Waals surface area contributed by atoms with Crippen molar-refractivity contribution in [1.29, 1.82) is 0 Å². The quantitative estimate of drug-likeness (QED) is 0.880. The highest BCUT2D eigenvalue weighted by Gasteiger charge is 2.44. The third-order valence-electron chi connectivity index (χ3n) is 4.88. The minimum absolute atomic E-state index is 0.270. The van der Waals surface area contributed by atoms with Gasteiger partial charge in [0, 0.05) is 18.5 Å². The topological polar surface area (TPSA) is 55.0 Å². The van der Waals surface area contributed by atoms with Crippen molar-refractivity contribution < 1.29 is 0 Å². The summed E-state index contributed by atoms with van der Waals surface area (Å²) in [5, 5.41) is 0.292. The molecule has 4 rings (SSSR count). The van der Waals surface area contributed by atoms with Crippen LogP contribution in [-0.4, -0.2) is 23.1 Å². The van der Waals surface area contributed by atoms with E-state index in [1.807, 2.05) is 0 Å². The van der Waals surface area contributed by atoms with E-state index >= 15 is 0 Å². The minimum Gasteiger partial charge on any atom is -0.381 e. The lowest BCUT2D eigenvalue weighted by molar-refractivity contribution is 0.473. The van der Waals surface area contributed by atoms with Gasteiger partial charge in [0.1, 0.15) is 5.82 Å². The van der Waals surface area contributed by atoms with Crippen molar-refractivity contribution in [3.05, 3.63) is 46.7 Å². The Kier molecular flexibility index (Phi) is 2.82. The Morgan fingerprint density at radius 3 is 2.95 bits per heavy atom. The summed E-state index contributed by atoms with van der Waals surface area (Å²) in [5.41, 5.74) is 8.93. The van der Waals surface area contributed by atoms with E-state index in [0.29, 0.717) is 11.0 Å². The molecule has 1 fully saturated rings. The van der Waals surface area contributed by atoms with Crippen molar-refractivity contribution in [2.45, 2.75) is 24.7 Å². The van der Waals surface area contributed by atoms with Crippen molar-refractivity contribution in [2.24, 2.45) is 0 Å². The predicted octanol–water partition coefficient (Wildman–Crippen LogP) is 2.81. The zero-order valence-electron chi connectivity index (χ0n) is 11.7. The zero-order valence-corrected chi connectivity index (χ0v) is 12.5. The summed E-state index contributed by atoms with van der Waals surface area (Å²) < 4.78 is 0. The first-order chi connectivity index (χ1) is 10.2. The van der Waals surface area contributed by atoms with Gasteiger partial charge in [0.25, 0.3) is 0 Å². The monoisotopic (exact) mass is 300 g/mol. The molecule has 21 heavy (non-hydrogen) atoms. The molecule has 0 saturated carbocycles. The normalized spacial score (nSPS) is 23.8. The van der Waals surface area contributed by atoms with E-state index < -0.39 is 0 Å². The van der Waals surface area contributed by atoms with Crippen LogP contribution in [0.2, 0.25) is 5.15 Å². The lowest BCUT2D eigenvalue weighted by Crippen LogP contribution is -2.29. The highest BCUT2D eigenvalue weighted by molar-refractivity contribution is 6.31. The molecular weight excluding hydrogens is 284 g/mol. The number of aryl methyl sites for hydroxylation is 1. The van der Waals surface area contributed by atoms with Crippen LogP contribution < -0.4 is 10.6 Å². The molecule has 1 aromatic carbocycles. The fourth-order valence-electron chi connectivity index (χ4n) is 3.78. The Bertz CT molecular complexity index is 702. The van der Waals surface area contributed by atoms with E-state index in [-0.39, 0.29) is 5.41 Å². The summed E-state index contributed by atoms with van der Waals surface area (Å²) in [6.07, 6.45) is 5.28.